The fourth-order valence-corrected chi connectivity index (χ4v) is 10.5. The Balaban J connectivity index is 1.68. The van der Waals surface area contributed by atoms with Gasteiger partial charge in [-0.2, -0.15) is 0 Å². The molecule has 4 saturated carbocycles. The second-order valence-corrected chi connectivity index (χ2v) is 15.2. The number of hydrogen-bond donors (Lipinski definition) is 1. The molecule has 5 aliphatic rings. The summed E-state index contributed by atoms with van der Waals surface area (Å²) < 4.78 is 5.41. The molecule has 0 spiro atoms. The molecule has 0 aliphatic heterocycles. The van der Waals surface area contributed by atoms with Crippen LogP contribution < -0.4 is 0 Å². The Bertz CT molecular complexity index is 1130. The maximum atomic E-state index is 14.4. The summed E-state index contributed by atoms with van der Waals surface area (Å²) >= 11 is 0. The van der Waals surface area contributed by atoms with Crippen LogP contribution in [0.3, 0.4) is 0 Å². The van der Waals surface area contributed by atoms with Crippen LogP contribution in [0.4, 0.5) is 0 Å². The van der Waals surface area contributed by atoms with E-state index in [0.717, 1.165) is 51.2 Å². The van der Waals surface area contributed by atoms with Crippen LogP contribution in [-0.2, 0) is 19.1 Å². The molecule has 4 fully saturated rings. The van der Waals surface area contributed by atoms with Crippen molar-refractivity contribution in [1.82, 2.24) is 0 Å². The minimum absolute atomic E-state index is 0.0258. The van der Waals surface area contributed by atoms with Crippen molar-refractivity contribution in [3.63, 3.8) is 0 Å². The number of ether oxygens (including phenoxy) is 1. The monoisotopic (exact) mass is 510 g/mol. The molecule has 7 atom stereocenters. The lowest BCUT2D eigenvalue weighted by Gasteiger charge is -2.69. The molecule has 204 valence electrons. The number of aliphatic hydroxyl groups is 1. The van der Waals surface area contributed by atoms with E-state index in [4.69, 9.17) is 4.74 Å². The third kappa shape index (κ3) is 3.18. The summed E-state index contributed by atoms with van der Waals surface area (Å²) in [6.07, 6.45) is 9.42. The predicted molar refractivity (Wildman–Crippen MR) is 143 cm³/mol. The number of allylic oxidation sites excluding steroid dienone is 3. The molecule has 37 heavy (non-hydrogen) atoms. The zero-order chi connectivity index (χ0) is 27.4. The molecule has 5 nitrogen and oxygen atoms in total. The van der Waals surface area contributed by atoms with Crippen LogP contribution in [0, 0.1) is 50.2 Å². The van der Waals surface area contributed by atoms with E-state index in [9.17, 15) is 19.5 Å². The fraction of sp³-hybridized carbons (Fsp3) is 0.781. The lowest BCUT2D eigenvalue weighted by molar-refractivity contribution is -0.192. The Morgan fingerprint density at radius 2 is 1.65 bits per heavy atom. The Morgan fingerprint density at radius 1 is 1.00 bits per heavy atom. The summed E-state index contributed by atoms with van der Waals surface area (Å²) in [6, 6.07) is 0. The van der Waals surface area contributed by atoms with E-state index in [1.165, 1.54) is 12.7 Å². The van der Waals surface area contributed by atoms with E-state index in [2.05, 4.69) is 34.6 Å². The van der Waals surface area contributed by atoms with Crippen molar-refractivity contribution in [2.24, 2.45) is 50.2 Å². The average Bonchev–Trinajstić information content (AvgIpc) is 2.82. The van der Waals surface area contributed by atoms with Crippen molar-refractivity contribution in [2.75, 3.05) is 7.11 Å². The summed E-state index contributed by atoms with van der Waals surface area (Å²) in [4.78, 5) is 41.0. The highest BCUT2D eigenvalue weighted by atomic mass is 16.5. The molecule has 0 radical (unpaired) electrons. The van der Waals surface area contributed by atoms with E-state index in [1.807, 2.05) is 19.9 Å². The second-order valence-electron chi connectivity index (χ2n) is 15.2. The van der Waals surface area contributed by atoms with Crippen molar-refractivity contribution >= 4 is 17.5 Å². The number of carbonyl (C=O) groups excluding carboxylic acids is 3. The number of Topliss-reactive ketones (excluding diaryl/α,β-unsaturated/α-hetero) is 1. The van der Waals surface area contributed by atoms with Gasteiger partial charge in [-0.05, 0) is 90.9 Å². The molecular weight excluding hydrogens is 464 g/mol. The molecule has 0 unspecified atom stereocenters. The highest BCUT2D eigenvalue weighted by molar-refractivity contribution is 6.01. The van der Waals surface area contributed by atoms with Crippen molar-refractivity contribution in [3.05, 3.63) is 23.5 Å². The van der Waals surface area contributed by atoms with Gasteiger partial charge >= 0.3 is 5.97 Å². The van der Waals surface area contributed by atoms with E-state index < -0.39 is 10.8 Å². The van der Waals surface area contributed by atoms with Crippen LogP contribution in [0.1, 0.15) is 99.8 Å². The van der Waals surface area contributed by atoms with Gasteiger partial charge in [0.1, 0.15) is 0 Å². The number of ketones is 2. The number of hydrogen-bond acceptors (Lipinski definition) is 5. The quantitative estimate of drug-likeness (QED) is 0.239. The van der Waals surface area contributed by atoms with E-state index in [-0.39, 0.29) is 56.9 Å². The van der Waals surface area contributed by atoms with Gasteiger partial charge < -0.3 is 9.84 Å². The van der Waals surface area contributed by atoms with Gasteiger partial charge in [0.25, 0.3) is 0 Å². The van der Waals surface area contributed by atoms with E-state index in [0.29, 0.717) is 12.0 Å². The number of esters is 1. The molecule has 0 heterocycles. The normalized spacial score (nSPS) is 47.2. The van der Waals surface area contributed by atoms with Crippen molar-refractivity contribution in [3.8, 4) is 0 Å². The largest absolute Gasteiger partial charge is 0.515 e. The number of aliphatic hydroxyl groups excluding tert-OH is 1. The maximum absolute atomic E-state index is 14.4. The third-order valence-corrected chi connectivity index (χ3v) is 12.7. The first-order chi connectivity index (χ1) is 17.0. The summed E-state index contributed by atoms with van der Waals surface area (Å²) in [5, 5.41) is 10.0. The highest BCUT2D eigenvalue weighted by Crippen LogP contribution is 2.75. The van der Waals surface area contributed by atoms with Gasteiger partial charge in [-0.25, -0.2) is 0 Å². The predicted octanol–water partition coefficient (Wildman–Crippen LogP) is 6.76. The van der Waals surface area contributed by atoms with Gasteiger partial charge in [-0.15, -0.1) is 0 Å². The molecule has 0 aromatic carbocycles. The summed E-state index contributed by atoms with van der Waals surface area (Å²) in [7, 11) is 1.49. The lowest BCUT2D eigenvalue weighted by atomic mass is 9.33. The van der Waals surface area contributed by atoms with Crippen LogP contribution >= 0.6 is 0 Å². The molecule has 5 heteroatoms. The van der Waals surface area contributed by atoms with Gasteiger partial charge in [0.15, 0.2) is 11.6 Å². The van der Waals surface area contributed by atoms with Gasteiger partial charge in [0, 0.05) is 16.9 Å². The van der Waals surface area contributed by atoms with Crippen LogP contribution in [0.2, 0.25) is 0 Å². The molecule has 0 aromatic heterocycles. The molecule has 5 rings (SSSR count). The SMILES string of the molecule is COC(=O)[C@]12CCC(C)(C)C[C@H]1[C@H]1C(=O)C=C3[C@@]4(C)C/C(=C/O)C(=O)C(C)(C)[C@@H]4CC[C@@]3(C)[C@@]1(C)CC2. The molecule has 0 bridgehead atoms. The minimum Gasteiger partial charge on any atom is -0.515 e. The summed E-state index contributed by atoms with van der Waals surface area (Å²) in [6.45, 7) is 15.4. The number of carbonyl (C=O) groups is 3. The maximum Gasteiger partial charge on any atom is 0.312 e. The van der Waals surface area contributed by atoms with Gasteiger partial charge in [0.2, 0.25) is 0 Å². The smallest absolute Gasteiger partial charge is 0.312 e. The number of methoxy groups -OCH3 is 1. The number of fused-ring (bicyclic) bond motifs is 7. The number of rotatable bonds is 1. The zero-order valence-corrected chi connectivity index (χ0v) is 24.1. The third-order valence-electron chi connectivity index (χ3n) is 12.7. The van der Waals surface area contributed by atoms with Crippen LogP contribution in [0.25, 0.3) is 0 Å². The highest BCUT2D eigenvalue weighted by Gasteiger charge is 2.71. The average molecular weight is 511 g/mol. The first kappa shape index (κ1) is 26.7. The first-order valence-electron chi connectivity index (χ1n) is 14.3. The van der Waals surface area contributed by atoms with E-state index >= 15 is 0 Å². The Hall–Kier alpha value is -1.91. The Morgan fingerprint density at radius 3 is 2.27 bits per heavy atom. The van der Waals surface area contributed by atoms with Crippen molar-refractivity contribution < 1.29 is 24.2 Å². The Kier molecular flexibility index (Phi) is 5.64. The molecule has 0 saturated heterocycles. The second kappa shape index (κ2) is 7.82. The molecule has 1 N–H and O–H groups in total. The first-order valence-corrected chi connectivity index (χ1v) is 14.3. The van der Waals surface area contributed by atoms with Crippen molar-refractivity contribution in [2.45, 2.75) is 99.8 Å². The van der Waals surface area contributed by atoms with Gasteiger partial charge in [0.05, 0.1) is 18.8 Å². The minimum atomic E-state index is -0.607. The molecule has 5 aliphatic carbocycles. The zero-order valence-electron chi connectivity index (χ0n) is 24.1. The molecular formula is C32H46O5. The lowest BCUT2D eigenvalue weighted by Crippen LogP contribution is -2.66. The fourth-order valence-electron chi connectivity index (χ4n) is 10.5. The van der Waals surface area contributed by atoms with Crippen LogP contribution in [-0.4, -0.2) is 29.8 Å². The topological polar surface area (TPSA) is 80.7 Å². The standard InChI is InChI=1S/C32H46O5/c1-27(2)11-13-32(26(36)37-8)14-12-31(7)24(20(32)17-27)21(34)15-23-29(5)16-19(18-33)25(35)28(3,4)22(29)9-10-30(23,31)6/h15,18,20,22,24,33H,9-14,16-17H2,1-8H3/b19-18-/t20-,22-,24-,29-,30+,31-,32-/m0/s1. The van der Waals surface area contributed by atoms with Gasteiger partial charge in [-0.1, -0.05) is 54.0 Å². The van der Waals surface area contributed by atoms with Crippen LogP contribution in [0.5, 0.6) is 0 Å². The summed E-state index contributed by atoms with van der Waals surface area (Å²) in [5.74, 6) is -0.111. The molecule has 0 aromatic rings. The van der Waals surface area contributed by atoms with Crippen molar-refractivity contribution in [1.29, 1.82) is 0 Å². The molecule has 0 amide bonds. The summed E-state index contributed by atoms with van der Waals surface area (Å²) in [5.41, 5.74) is -0.375. The Labute approximate surface area is 222 Å². The van der Waals surface area contributed by atoms with Gasteiger partial charge in [-0.3, -0.25) is 14.4 Å². The van der Waals surface area contributed by atoms with E-state index in [1.54, 1.807) is 0 Å². The van der Waals surface area contributed by atoms with Crippen LogP contribution in [0.15, 0.2) is 23.5 Å².